The van der Waals surface area contributed by atoms with Crippen molar-refractivity contribution in [3.8, 4) is 0 Å². The molecule has 0 aromatic carbocycles. The zero-order valence-corrected chi connectivity index (χ0v) is 42.4. The Kier molecular flexibility index (Phi) is 29.6. The number of urea groups is 2. The quantitative estimate of drug-likeness (QED) is 0.0167. The fourth-order valence-electron chi connectivity index (χ4n) is 7.63. The minimum Gasteiger partial charge on any atom is -0.477 e. The van der Waals surface area contributed by atoms with Crippen LogP contribution in [0.4, 0.5) is 19.2 Å². The second-order valence-electron chi connectivity index (χ2n) is 17.4. The van der Waals surface area contributed by atoms with Crippen molar-refractivity contribution >= 4 is 59.9 Å². The van der Waals surface area contributed by atoms with Crippen molar-refractivity contribution in [3.05, 3.63) is 23.7 Å². The minimum absolute atomic E-state index is 0.145. The van der Waals surface area contributed by atoms with E-state index in [1.54, 1.807) is 0 Å². The van der Waals surface area contributed by atoms with Crippen LogP contribution in [0, 0.1) is 0 Å². The van der Waals surface area contributed by atoms with Crippen LogP contribution in [0.2, 0.25) is 0 Å². The Morgan fingerprint density at radius 2 is 0.816 bits per heavy atom. The molecule has 22 N–H and O–H groups in total. The third kappa shape index (κ3) is 24.6. The number of unbranched alkanes of at least 4 members (excludes halogenated alkanes) is 7. The van der Waals surface area contributed by atoms with E-state index < -0.39 is 133 Å². The third-order valence-electron chi connectivity index (χ3n) is 11.1. The molecule has 10 unspecified atom stereocenters. The number of nitrogens with one attached hydrogen (secondary N) is 8. The van der Waals surface area contributed by atoms with Gasteiger partial charge in [0.1, 0.15) is 12.2 Å². The van der Waals surface area contributed by atoms with Gasteiger partial charge in [0.25, 0.3) is 0 Å². The van der Waals surface area contributed by atoms with E-state index in [4.69, 9.17) is 41.9 Å². The van der Waals surface area contributed by atoms with Crippen LogP contribution in [-0.2, 0) is 38.1 Å². The van der Waals surface area contributed by atoms with E-state index in [9.17, 15) is 69.0 Å². The molecule has 0 saturated heterocycles. The Morgan fingerprint density at radius 3 is 1.08 bits per heavy atom. The first kappa shape index (κ1) is 64.5. The maximum atomic E-state index is 12.7. The molecule has 0 saturated carbocycles. The highest BCUT2D eigenvalue weighted by molar-refractivity contribution is 5.86. The van der Waals surface area contributed by atoms with E-state index in [1.807, 2.05) is 0 Å². The van der Waals surface area contributed by atoms with Crippen LogP contribution >= 0.6 is 0 Å². The number of amides is 8. The van der Waals surface area contributed by atoms with Gasteiger partial charge < -0.3 is 115 Å². The standard InChI is InChI=1S/C44H76N14O18/c1-23(61)55-31-25(57-39(45)46)19-29(37(65)66)73-35(31)33(27(63)21-59)75-43(71)53-17-9-5-3-7-13-49-41(69)51-15-11-12-16-52-42(70)50-14-8-4-6-10-18-54-44(72)76-34(28(64)22-60)36-32(56-24(2)62)26(58-40(47)48)20-30(74-36)38(67)68/h19-20,25-28,31-36,59-60,63-64H,3-18,21-22H2,1-2H3,(H,53,71)(H,54,72)(H,55,61)(H,56,62)(H,65,66)(H,67,68)(H4,45,46,57)(H4,47,48,58)(H2,49,51,69)(H2,50,52,70). The van der Waals surface area contributed by atoms with Crippen molar-refractivity contribution in [2.75, 3.05) is 52.5 Å². The molecule has 0 spiro atoms. The SMILES string of the molecule is CC(=O)NC1C(N=C(N)N)C=C(C(=O)O)OC1C(OC(=O)NCCCCCCNC(=O)NCCCCNC(=O)NCCCCCCNC(=O)OC(C(O)CO)C1OC(C(=O)O)=CC(N=C(N)N)C1NC(C)=O)C(O)CO. The van der Waals surface area contributed by atoms with E-state index >= 15 is 0 Å². The number of carbonyl (C=O) groups is 8. The van der Waals surface area contributed by atoms with Crippen molar-refractivity contribution in [2.24, 2.45) is 32.9 Å². The van der Waals surface area contributed by atoms with Crippen LogP contribution in [-0.4, -0.2) is 204 Å². The van der Waals surface area contributed by atoms with Gasteiger partial charge >= 0.3 is 36.2 Å². The second-order valence-corrected chi connectivity index (χ2v) is 17.4. The number of aliphatic carboxylic acids is 2. The average Bonchev–Trinajstić information content (AvgIpc) is 3.34. The number of nitrogens with zero attached hydrogens (tertiary/aromatic N) is 2. The lowest BCUT2D eigenvalue weighted by atomic mass is 9.92. The number of alkyl carbamates (subject to hydrolysis) is 2. The molecule has 76 heavy (non-hydrogen) atoms. The van der Waals surface area contributed by atoms with E-state index in [0.717, 1.165) is 26.0 Å². The summed E-state index contributed by atoms with van der Waals surface area (Å²) in [5, 5.41) is 80.7. The molecule has 8 amide bonds. The Hall–Kier alpha value is -7.58. The number of ether oxygens (including phenoxy) is 4. The van der Waals surface area contributed by atoms with Crippen LogP contribution in [0.1, 0.15) is 78.1 Å². The Balaban J connectivity index is 1.58. The molecule has 430 valence electrons. The van der Waals surface area contributed by atoms with E-state index in [2.05, 4.69) is 52.5 Å². The van der Waals surface area contributed by atoms with Crippen LogP contribution in [0.3, 0.4) is 0 Å². The third-order valence-corrected chi connectivity index (χ3v) is 11.1. The minimum atomic E-state index is -1.76. The Morgan fingerprint density at radius 1 is 0.526 bits per heavy atom. The molecule has 0 radical (unpaired) electrons. The Bertz CT molecular complexity index is 1900. The maximum Gasteiger partial charge on any atom is 0.407 e. The monoisotopic (exact) mass is 1090 g/mol. The number of rotatable bonds is 33. The summed E-state index contributed by atoms with van der Waals surface area (Å²) >= 11 is 0. The number of carboxylic acids is 2. The number of aliphatic hydroxyl groups excluding tert-OH is 4. The smallest absolute Gasteiger partial charge is 0.407 e. The maximum absolute atomic E-state index is 12.7. The van der Waals surface area contributed by atoms with Crippen molar-refractivity contribution in [3.63, 3.8) is 0 Å². The second kappa shape index (κ2) is 34.8. The van der Waals surface area contributed by atoms with Gasteiger partial charge in [0, 0.05) is 53.1 Å². The van der Waals surface area contributed by atoms with Gasteiger partial charge in [-0.2, -0.15) is 0 Å². The molecule has 0 bridgehead atoms. The summed E-state index contributed by atoms with van der Waals surface area (Å²) in [6.07, 6.45) is -3.72. The van der Waals surface area contributed by atoms with Crippen LogP contribution < -0.4 is 65.5 Å². The van der Waals surface area contributed by atoms with Crippen molar-refractivity contribution < 1.29 is 87.9 Å². The highest BCUT2D eigenvalue weighted by Gasteiger charge is 2.48. The number of carbonyl (C=O) groups excluding carboxylic acids is 6. The molecule has 0 aromatic rings. The van der Waals surface area contributed by atoms with Crippen LogP contribution in [0.25, 0.3) is 0 Å². The molecule has 0 fully saturated rings. The molecule has 2 aliphatic rings. The average molecular weight is 1090 g/mol. The number of nitrogens with two attached hydrogens (primary N) is 4. The molecule has 32 heteroatoms. The highest BCUT2D eigenvalue weighted by Crippen LogP contribution is 2.28. The summed E-state index contributed by atoms with van der Waals surface area (Å²) in [4.78, 5) is 105. The van der Waals surface area contributed by atoms with Gasteiger partial charge in [0.15, 0.2) is 36.3 Å². The molecule has 32 nitrogen and oxygen atoms in total. The number of carboxylic acid groups (broad SMARTS) is 2. The van der Waals surface area contributed by atoms with Gasteiger partial charge in [-0.1, -0.05) is 25.7 Å². The summed E-state index contributed by atoms with van der Waals surface area (Å²) < 4.78 is 21.7. The Labute approximate surface area is 437 Å². The van der Waals surface area contributed by atoms with E-state index in [-0.39, 0.29) is 25.2 Å². The predicted molar refractivity (Wildman–Crippen MR) is 267 cm³/mol. The zero-order valence-electron chi connectivity index (χ0n) is 42.4. The van der Waals surface area contributed by atoms with Crippen LogP contribution in [0.5, 0.6) is 0 Å². The van der Waals surface area contributed by atoms with Gasteiger partial charge in [0.05, 0.1) is 37.4 Å². The number of aliphatic hydroxyl groups is 4. The van der Waals surface area contributed by atoms with Gasteiger partial charge in [-0.25, -0.2) is 38.8 Å². The number of hydrogen-bond acceptors (Lipinski definition) is 18. The lowest BCUT2D eigenvalue weighted by Crippen LogP contribution is -2.61. The molecule has 0 aromatic heterocycles. The highest BCUT2D eigenvalue weighted by atomic mass is 16.6. The first-order chi connectivity index (χ1) is 36.1. The predicted octanol–water partition coefficient (Wildman–Crippen LogP) is -4.59. The molecule has 0 aliphatic carbocycles. The summed E-state index contributed by atoms with van der Waals surface area (Å²) in [5.74, 6) is -6.44. The fourth-order valence-corrected chi connectivity index (χ4v) is 7.63. The number of guanidine groups is 2. The summed E-state index contributed by atoms with van der Waals surface area (Å²) in [6, 6.07) is -5.54. The molecule has 10 atom stereocenters. The van der Waals surface area contributed by atoms with Gasteiger partial charge in [-0.05, 0) is 50.7 Å². The largest absolute Gasteiger partial charge is 0.477 e. The molecule has 2 heterocycles. The molecule has 2 rings (SSSR count). The van der Waals surface area contributed by atoms with Crippen molar-refractivity contribution in [1.29, 1.82) is 0 Å². The summed E-state index contributed by atoms with van der Waals surface area (Å²) in [7, 11) is 0. The molecule has 2 aliphatic heterocycles. The van der Waals surface area contributed by atoms with Crippen LogP contribution in [0.15, 0.2) is 33.7 Å². The van der Waals surface area contributed by atoms with E-state index in [1.165, 1.54) is 0 Å². The van der Waals surface area contributed by atoms with Crippen molar-refractivity contribution in [2.45, 2.75) is 139 Å². The fraction of sp³-hybridized carbons (Fsp3) is 0.682. The molecular weight excluding hydrogens is 1010 g/mol. The lowest BCUT2D eigenvalue weighted by Gasteiger charge is -2.39. The van der Waals surface area contributed by atoms with Gasteiger partial charge in [0.2, 0.25) is 23.3 Å². The number of aliphatic imine (C=N–C) groups is 2. The first-order valence-electron chi connectivity index (χ1n) is 24.5. The first-order valence-corrected chi connectivity index (χ1v) is 24.5. The normalized spacial score (nSPS) is 20.2. The molecular formula is C44H76N14O18. The zero-order chi connectivity index (χ0) is 56.7. The van der Waals surface area contributed by atoms with E-state index in [0.29, 0.717) is 90.4 Å². The topological polar surface area (TPSA) is 520 Å². The summed E-state index contributed by atoms with van der Waals surface area (Å²) in [6.45, 7) is 2.30. The lowest BCUT2D eigenvalue weighted by molar-refractivity contribution is -0.147. The van der Waals surface area contributed by atoms with Gasteiger partial charge in [-0.3, -0.25) is 9.59 Å². The summed E-state index contributed by atoms with van der Waals surface area (Å²) in [5.41, 5.74) is 22.0. The van der Waals surface area contributed by atoms with Gasteiger partial charge in [-0.15, -0.1) is 0 Å². The van der Waals surface area contributed by atoms with Crippen molar-refractivity contribution in [1.82, 2.24) is 42.5 Å². The number of hydrogen-bond donors (Lipinski definition) is 18.